The number of nitrogens with one attached hydrogen (secondary N) is 1. The smallest absolute Gasteiger partial charge is 0.246 e. The topological polar surface area (TPSA) is 52.7 Å². The van der Waals surface area contributed by atoms with E-state index in [0.717, 1.165) is 19.5 Å². The summed E-state index contributed by atoms with van der Waals surface area (Å²) < 4.78 is 0. The van der Waals surface area contributed by atoms with Crippen molar-refractivity contribution in [1.82, 2.24) is 15.1 Å². The highest BCUT2D eigenvalue weighted by Crippen LogP contribution is 2.22. The molecule has 0 radical (unpaired) electrons. The van der Waals surface area contributed by atoms with Crippen LogP contribution in [-0.4, -0.2) is 60.4 Å². The van der Waals surface area contributed by atoms with Gasteiger partial charge >= 0.3 is 0 Å². The summed E-state index contributed by atoms with van der Waals surface area (Å²) in [4.78, 5) is 27.6. The van der Waals surface area contributed by atoms with Gasteiger partial charge in [0.1, 0.15) is 0 Å². The van der Waals surface area contributed by atoms with Crippen molar-refractivity contribution in [3.63, 3.8) is 0 Å². The van der Waals surface area contributed by atoms with Gasteiger partial charge in [0.25, 0.3) is 0 Å². The van der Waals surface area contributed by atoms with Gasteiger partial charge in [-0.05, 0) is 26.3 Å². The minimum absolute atomic E-state index is 0.0292. The highest BCUT2D eigenvalue weighted by molar-refractivity contribution is 6.05. The fourth-order valence-electron chi connectivity index (χ4n) is 3.24. The first-order chi connectivity index (χ1) is 9.63. The highest BCUT2D eigenvalue weighted by atomic mass is 16.2. The first-order valence-corrected chi connectivity index (χ1v) is 7.91. The Hall–Kier alpha value is -0.940. The predicted molar refractivity (Wildman–Crippen MR) is 78.3 cm³/mol. The molecule has 5 nitrogen and oxygen atoms in total. The molecule has 0 aromatic rings. The number of likely N-dealkylation sites (N-methyl/N-ethyl adjacent to an activating group) is 1. The number of carbonyl (C=O) groups is 2. The molecule has 1 N–H and O–H groups in total. The van der Waals surface area contributed by atoms with E-state index in [1.54, 1.807) is 0 Å². The van der Waals surface area contributed by atoms with Gasteiger partial charge in [-0.2, -0.15) is 0 Å². The lowest BCUT2D eigenvalue weighted by atomic mass is 10.2. The lowest BCUT2D eigenvalue weighted by Gasteiger charge is -2.24. The summed E-state index contributed by atoms with van der Waals surface area (Å²) in [5.74, 6) is -0.0705. The maximum Gasteiger partial charge on any atom is 0.246 e. The van der Waals surface area contributed by atoms with Crippen molar-refractivity contribution in [2.24, 2.45) is 0 Å². The molecule has 5 heteroatoms. The summed E-state index contributed by atoms with van der Waals surface area (Å²) in [5, 5.41) is 3.25. The molecule has 0 bridgehead atoms. The Kier molecular flexibility index (Phi) is 5.54. The van der Waals surface area contributed by atoms with Crippen molar-refractivity contribution < 1.29 is 9.59 Å². The van der Waals surface area contributed by atoms with Crippen molar-refractivity contribution in [1.29, 1.82) is 0 Å². The van der Waals surface area contributed by atoms with Crippen LogP contribution in [0.4, 0.5) is 0 Å². The minimum atomic E-state index is -0.300. The van der Waals surface area contributed by atoms with Gasteiger partial charge < -0.3 is 10.2 Å². The van der Waals surface area contributed by atoms with E-state index in [1.807, 2.05) is 6.92 Å². The van der Waals surface area contributed by atoms with Crippen LogP contribution in [0.15, 0.2) is 0 Å². The van der Waals surface area contributed by atoms with E-state index >= 15 is 0 Å². The van der Waals surface area contributed by atoms with E-state index < -0.39 is 0 Å². The third kappa shape index (κ3) is 3.58. The van der Waals surface area contributed by atoms with Crippen molar-refractivity contribution in [3.05, 3.63) is 0 Å². The zero-order valence-electron chi connectivity index (χ0n) is 12.7. The second-order valence-electron chi connectivity index (χ2n) is 6.01. The number of amides is 2. The number of carbonyl (C=O) groups excluding carboxylic acids is 2. The van der Waals surface area contributed by atoms with E-state index in [0.29, 0.717) is 19.0 Å². The first-order valence-electron chi connectivity index (χ1n) is 7.91. The molecular formula is C15H27N3O2. The standard InChI is InChI=1S/C15H27N3O2/c1-3-9-18-14(19)11-13(15(18)20)16-8-10-17(2)12-6-4-5-7-12/h12-13,16H,3-11H2,1-2H3. The van der Waals surface area contributed by atoms with Crippen LogP contribution in [0.25, 0.3) is 0 Å². The predicted octanol–water partition coefficient (Wildman–Crippen LogP) is 0.988. The van der Waals surface area contributed by atoms with Gasteiger partial charge in [-0.25, -0.2) is 0 Å². The number of hydrogen-bond donors (Lipinski definition) is 1. The summed E-state index contributed by atoms with van der Waals surface area (Å²) in [6.45, 7) is 4.25. The molecule has 1 unspecified atom stereocenters. The van der Waals surface area contributed by atoms with Gasteiger partial charge in [0.05, 0.1) is 12.5 Å². The number of rotatable bonds is 7. The largest absolute Gasteiger partial charge is 0.304 e. The maximum atomic E-state index is 12.1. The minimum Gasteiger partial charge on any atom is -0.304 e. The molecule has 0 aromatic carbocycles. The van der Waals surface area contributed by atoms with Crippen molar-refractivity contribution in [2.45, 2.75) is 57.5 Å². The Morgan fingerprint density at radius 3 is 2.65 bits per heavy atom. The molecule has 1 aliphatic heterocycles. The molecule has 2 amide bonds. The Labute approximate surface area is 121 Å². The van der Waals surface area contributed by atoms with Gasteiger partial charge in [-0.15, -0.1) is 0 Å². The molecular weight excluding hydrogens is 254 g/mol. The Balaban J connectivity index is 1.71. The molecule has 114 valence electrons. The average Bonchev–Trinajstić information content (AvgIpc) is 3.03. The van der Waals surface area contributed by atoms with E-state index in [1.165, 1.54) is 30.6 Å². The molecule has 1 saturated heterocycles. The lowest BCUT2D eigenvalue weighted by Crippen LogP contribution is -2.43. The van der Waals surface area contributed by atoms with Crippen molar-refractivity contribution >= 4 is 11.8 Å². The Morgan fingerprint density at radius 2 is 2.00 bits per heavy atom. The molecule has 2 aliphatic rings. The molecule has 20 heavy (non-hydrogen) atoms. The Morgan fingerprint density at radius 1 is 1.30 bits per heavy atom. The molecule has 1 atom stereocenters. The van der Waals surface area contributed by atoms with Crippen LogP contribution in [0.2, 0.25) is 0 Å². The lowest BCUT2D eigenvalue weighted by molar-refractivity contribution is -0.138. The van der Waals surface area contributed by atoms with Gasteiger partial charge in [0, 0.05) is 25.7 Å². The second kappa shape index (κ2) is 7.18. The van der Waals surface area contributed by atoms with E-state index in [2.05, 4.69) is 17.3 Å². The van der Waals surface area contributed by atoms with Crippen molar-refractivity contribution in [2.75, 3.05) is 26.7 Å². The zero-order chi connectivity index (χ0) is 14.5. The number of nitrogens with zero attached hydrogens (tertiary/aromatic N) is 2. The molecule has 1 heterocycles. The van der Waals surface area contributed by atoms with E-state index in [4.69, 9.17) is 0 Å². The van der Waals surface area contributed by atoms with Gasteiger partial charge in [0.15, 0.2) is 0 Å². The summed E-state index contributed by atoms with van der Waals surface area (Å²) >= 11 is 0. The molecule has 0 spiro atoms. The fraction of sp³-hybridized carbons (Fsp3) is 0.867. The number of likely N-dealkylation sites (tertiary alicyclic amines) is 1. The maximum absolute atomic E-state index is 12.1. The van der Waals surface area contributed by atoms with Gasteiger partial charge in [-0.3, -0.25) is 14.5 Å². The normalized spacial score (nSPS) is 24.4. The fourth-order valence-corrected chi connectivity index (χ4v) is 3.24. The van der Waals surface area contributed by atoms with Crippen LogP contribution in [0, 0.1) is 0 Å². The van der Waals surface area contributed by atoms with E-state index in [-0.39, 0.29) is 17.9 Å². The highest BCUT2D eigenvalue weighted by Gasteiger charge is 2.37. The van der Waals surface area contributed by atoms with E-state index in [9.17, 15) is 9.59 Å². The number of imide groups is 1. The quantitative estimate of drug-likeness (QED) is 0.707. The molecule has 2 rings (SSSR count). The van der Waals surface area contributed by atoms with Crippen LogP contribution in [0.1, 0.15) is 45.4 Å². The Bertz CT molecular complexity index is 353. The van der Waals surface area contributed by atoms with Crippen molar-refractivity contribution in [3.8, 4) is 0 Å². The van der Waals surface area contributed by atoms with Crippen LogP contribution in [0.3, 0.4) is 0 Å². The monoisotopic (exact) mass is 281 g/mol. The first kappa shape index (κ1) is 15.4. The van der Waals surface area contributed by atoms with Crippen LogP contribution < -0.4 is 5.32 Å². The summed E-state index contributed by atoms with van der Waals surface area (Å²) in [5.41, 5.74) is 0. The SMILES string of the molecule is CCCN1C(=O)CC(NCCN(C)C2CCCC2)C1=O. The average molecular weight is 281 g/mol. The molecule has 2 fully saturated rings. The zero-order valence-corrected chi connectivity index (χ0v) is 12.7. The van der Waals surface area contributed by atoms with Gasteiger partial charge in [0.2, 0.25) is 11.8 Å². The van der Waals surface area contributed by atoms with Crippen LogP contribution >= 0.6 is 0 Å². The van der Waals surface area contributed by atoms with Crippen LogP contribution in [-0.2, 0) is 9.59 Å². The van der Waals surface area contributed by atoms with Crippen LogP contribution in [0.5, 0.6) is 0 Å². The summed E-state index contributed by atoms with van der Waals surface area (Å²) in [6.07, 6.45) is 6.41. The summed E-state index contributed by atoms with van der Waals surface area (Å²) in [7, 11) is 2.16. The molecule has 0 aromatic heterocycles. The third-order valence-electron chi connectivity index (χ3n) is 4.49. The molecule has 1 saturated carbocycles. The number of hydrogen-bond acceptors (Lipinski definition) is 4. The molecule has 1 aliphatic carbocycles. The third-order valence-corrected chi connectivity index (χ3v) is 4.49. The second-order valence-corrected chi connectivity index (χ2v) is 6.01. The summed E-state index contributed by atoms with van der Waals surface area (Å²) in [6, 6.07) is 0.403. The van der Waals surface area contributed by atoms with Gasteiger partial charge in [-0.1, -0.05) is 19.8 Å².